The molecule has 1 N–H and O–H groups in total. The van der Waals surface area contributed by atoms with Gasteiger partial charge in [-0.25, -0.2) is 4.68 Å². The zero-order valence-corrected chi connectivity index (χ0v) is 10.9. The van der Waals surface area contributed by atoms with Gasteiger partial charge in [-0.1, -0.05) is 19.4 Å². The Hall–Kier alpha value is -1.27. The van der Waals surface area contributed by atoms with Gasteiger partial charge in [0.15, 0.2) is 5.82 Å². The molecule has 0 saturated heterocycles. The van der Waals surface area contributed by atoms with Gasteiger partial charge < -0.3 is 5.32 Å². The summed E-state index contributed by atoms with van der Waals surface area (Å²) >= 11 is 1.76. The molecule has 0 fully saturated rings. The van der Waals surface area contributed by atoms with E-state index in [9.17, 15) is 0 Å². The Balaban J connectivity index is 2.29. The quantitative estimate of drug-likeness (QED) is 0.851. The van der Waals surface area contributed by atoms with Crippen LogP contribution >= 0.6 is 11.3 Å². The molecular weight excluding hydrogens is 234 g/mol. The first-order valence-electron chi connectivity index (χ1n) is 5.81. The third kappa shape index (κ3) is 2.70. The second kappa shape index (κ2) is 5.88. The zero-order chi connectivity index (χ0) is 12.1. The maximum atomic E-state index is 4.13. The number of hydrogen-bond donors (Lipinski definition) is 1. The molecule has 0 aliphatic rings. The van der Waals surface area contributed by atoms with Gasteiger partial charge in [0.1, 0.15) is 0 Å². The minimum absolute atomic E-state index is 0.262. The molecule has 92 valence electrons. The van der Waals surface area contributed by atoms with Crippen LogP contribution in [0, 0.1) is 0 Å². The lowest BCUT2D eigenvalue weighted by Crippen LogP contribution is -2.18. The first kappa shape index (κ1) is 12.2. The molecule has 5 nitrogen and oxygen atoms in total. The van der Waals surface area contributed by atoms with Crippen LogP contribution in [0.15, 0.2) is 17.5 Å². The van der Waals surface area contributed by atoms with E-state index in [1.807, 2.05) is 11.7 Å². The third-order valence-corrected chi connectivity index (χ3v) is 3.60. The first-order chi connectivity index (χ1) is 8.36. The predicted molar refractivity (Wildman–Crippen MR) is 67.9 cm³/mol. The average Bonchev–Trinajstić information content (AvgIpc) is 2.97. The fourth-order valence-electron chi connectivity index (χ4n) is 1.87. The lowest BCUT2D eigenvalue weighted by Gasteiger charge is -2.16. The molecule has 0 aliphatic carbocycles. The minimum atomic E-state index is 0.262. The van der Waals surface area contributed by atoms with Crippen molar-refractivity contribution in [2.75, 3.05) is 7.05 Å². The van der Waals surface area contributed by atoms with Crippen molar-refractivity contribution in [3.8, 4) is 0 Å². The van der Waals surface area contributed by atoms with Gasteiger partial charge in [0.05, 0.1) is 12.6 Å². The normalized spacial score (nSPS) is 12.8. The Morgan fingerprint density at radius 2 is 2.41 bits per heavy atom. The third-order valence-electron chi connectivity index (χ3n) is 2.62. The van der Waals surface area contributed by atoms with E-state index < -0.39 is 0 Å². The zero-order valence-electron chi connectivity index (χ0n) is 10.1. The van der Waals surface area contributed by atoms with Crippen molar-refractivity contribution in [2.45, 2.75) is 32.4 Å². The molecule has 6 heteroatoms. The molecule has 0 amide bonds. The fourth-order valence-corrected chi connectivity index (χ4v) is 2.71. The van der Waals surface area contributed by atoms with Crippen LogP contribution in [-0.2, 0) is 6.54 Å². The molecule has 0 radical (unpaired) electrons. The second-order valence-corrected chi connectivity index (χ2v) is 4.87. The highest BCUT2D eigenvalue weighted by molar-refractivity contribution is 7.10. The van der Waals surface area contributed by atoms with Crippen molar-refractivity contribution in [2.24, 2.45) is 0 Å². The van der Waals surface area contributed by atoms with Gasteiger partial charge in [-0.3, -0.25) is 0 Å². The van der Waals surface area contributed by atoms with E-state index in [4.69, 9.17) is 0 Å². The van der Waals surface area contributed by atoms with E-state index in [0.29, 0.717) is 6.54 Å². The van der Waals surface area contributed by atoms with Crippen molar-refractivity contribution in [3.63, 3.8) is 0 Å². The van der Waals surface area contributed by atoms with Crippen molar-refractivity contribution >= 4 is 11.3 Å². The van der Waals surface area contributed by atoms with Gasteiger partial charge >= 0.3 is 0 Å². The van der Waals surface area contributed by atoms with Crippen LogP contribution in [0.2, 0.25) is 0 Å². The van der Waals surface area contributed by atoms with Crippen LogP contribution < -0.4 is 5.32 Å². The molecule has 2 rings (SSSR count). The second-order valence-electron chi connectivity index (χ2n) is 3.89. The van der Waals surface area contributed by atoms with Crippen molar-refractivity contribution in [1.82, 2.24) is 25.5 Å². The topological polar surface area (TPSA) is 55.6 Å². The first-order valence-corrected chi connectivity index (χ1v) is 6.69. The molecule has 2 aromatic rings. The van der Waals surface area contributed by atoms with E-state index in [1.54, 1.807) is 11.3 Å². The molecule has 2 aromatic heterocycles. The highest BCUT2D eigenvalue weighted by Gasteiger charge is 2.18. The summed E-state index contributed by atoms with van der Waals surface area (Å²) in [6.07, 6.45) is 2.17. The van der Waals surface area contributed by atoms with Gasteiger partial charge in [0.25, 0.3) is 0 Å². The number of nitrogens with one attached hydrogen (secondary N) is 1. The van der Waals surface area contributed by atoms with Gasteiger partial charge in [-0.2, -0.15) is 0 Å². The van der Waals surface area contributed by atoms with Crippen LogP contribution in [0.3, 0.4) is 0 Å². The molecule has 0 saturated carbocycles. The predicted octanol–water partition coefficient (Wildman–Crippen LogP) is 1.84. The molecule has 1 unspecified atom stereocenters. The number of rotatable bonds is 6. The van der Waals surface area contributed by atoms with Crippen molar-refractivity contribution in [1.29, 1.82) is 0 Å². The Labute approximate surface area is 105 Å². The van der Waals surface area contributed by atoms with Gasteiger partial charge in [-0.05, 0) is 35.3 Å². The molecule has 0 spiro atoms. The Bertz CT molecular complexity index is 436. The van der Waals surface area contributed by atoms with Crippen molar-refractivity contribution < 1.29 is 0 Å². The van der Waals surface area contributed by atoms with Crippen LogP contribution in [0.4, 0.5) is 0 Å². The maximum absolute atomic E-state index is 4.13. The Kier molecular flexibility index (Phi) is 4.22. The molecule has 17 heavy (non-hydrogen) atoms. The van der Waals surface area contributed by atoms with Crippen LogP contribution in [0.1, 0.15) is 36.5 Å². The lowest BCUT2D eigenvalue weighted by atomic mass is 10.1. The lowest BCUT2D eigenvalue weighted by molar-refractivity contribution is 0.457. The molecular formula is C11H17N5S. The van der Waals surface area contributed by atoms with Crippen molar-refractivity contribution in [3.05, 3.63) is 28.2 Å². The van der Waals surface area contributed by atoms with Gasteiger partial charge in [0, 0.05) is 4.88 Å². The number of aromatic nitrogens is 4. The van der Waals surface area contributed by atoms with E-state index >= 15 is 0 Å². The summed E-state index contributed by atoms with van der Waals surface area (Å²) in [6, 6.07) is 4.49. The standard InChI is InChI=1S/C11H17N5S/c1-3-5-9(10-6-4-7-17-10)16-11(8-12-2)13-14-15-16/h4,6-7,9,12H,3,5,8H2,1-2H3. The van der Waals surface area contributed by atoms with E-state index in [2.05, 4.69) is 45.3 Å². The number of nitrogens with zero attached hydrogens (tertiary/aromatic N) is 4. The SMILES string of the molecule is CCCC(c1cccs1)n1nnnc1CNC. The van der Waals surface area contributed by atoms with Gasteiger partial charge in [0.2, 0.25) is 0 Å². The number of hydrogen-bond acceptors (Lipinski definition) is 5. The summed E-state index contributed by atoms with van der Waals surface area (Å²) in [5.41, 5.74) is 0. The van der Waals surface area contributed by atoms with E-state index in [1.165, 1.54) is 4.88 Å². The molecule has 0 aromatic carbocycles. The van der Waals surface area contributed by atoms with Crippen LogP contribution in [-0.4, -0.2) is 27.3 Å². The molecule has 0 aliphatic heterocycles. The minimum Gasteiger partial charge on any atom is -0.313 e. The maximum Gasteiger partial charge on any atom is 0.165 e. The summed E-state index contributed by atoms with van der Waals surface area (Å²) in [4.78, 5) is 1.32. The fraction of sp³-hybridized carbons (Fsp3) is 0.545. The van der Waals surface area contributed by atoms with Gasteiger partial charge in [-0.15, -0.1) is 16.4 Å². The molecule has 0 bridgehead atoms. The monoisotopic (exact) mass is 251 g/mol. The molecule has 1 atom stereocenters. The summed E-state index contributed by atoms with van der Waals surface area (Å²) in [7, 11) is 1.90. The Morgan fingerprint density at radius 3 is 3.06 bits per heavy atom. The highest BCUT2D eigenvalue weighted by atomic mass is 32.1. The largest absolute Gasteiger partial charge is 0.313 e. The number of tetrazole rings is 1. The highest BCUT2D eigenvalue weighted by Crippen LogP contribution is 2.27. The summed E-state index contributed by atoms with van der Waals surface area (Å²) in [6.45, 7) is 2.88. The number of thiophene rings is 1. The summed E-state index contributed by atoms with van der Waals surface area (Å²) < 4.78 is 1.94. The van der Waals surface area contributed by atoms with E-state index in [-0.39, 0.29) is 6.04 Å². The molecule has 2 heterocycles. The van der Waals surface area contributed by atoms with E-state index in [0.717, 1.165) is 18.7 Å². The van der Waals surface area contributed by atoms with Crippen LogP contribution in [0.5, 0.6) is 0 Å². The van der Waals surface area contributed by atoms with Crippen LogP contribution in [0.25, 0.3) is 0 Å². The smallest absolute Gasteiger partial charge is 0.165 e. The Morgan fingerprint density at radius 1 is 1.53 bits per heavy atom. The average molecular weight is 251 g/mol. The summed E-state index contributed by atoms with van der Waals surface area (Å²) in [5.74, 6) is 0.888. The summed E-state index contributed by atoms with van der Waals surface area (Å²) in [5, 5.41) is 17.2.